The van der Waals surface area contributed by atoms with Crippen LogP contribution in [0.4, 0.5) is 11.4 Å². The minimum atomic E-state index is -0.850. The fourth-order valence-electron chi connectivity index (χ4n) is 5.87. The van der Waals surface area contributed by atoms with Gasteiger partial charge in [0, 0.05) is 12.1 Å². The van der Waals surface area contributed by atoms with E-state index in [4.69, 9.17) is 4.74 Å². The molecule has 2 aliphatic rings. The van der Waals surface area contributed by atoms with Crippen molar-refractivity contribution in [1.29, 1.82) is 0 Å². The molecule has 0 N–H and O–H groups in total. The Labute approximate surface area is 254 Å². The highest BCUT2D eigenvalue weighted by molar-refractivity contribution is 6.22. The lowest BCUT2D eigenvalue weighted by Gasteiger charge is -2.15. The molecule has 4 amide bonds. The number of hydrogen-bond acceptors (Lipinski definition) is 9. The molecule has 13 nitrogen and oxygen atoms in total. The van der Waals surface area contributed by atoms with Gasteiger partial charge in [-0.1, -0.05) is 46.8 Å². The number of ether oxygens (including phenoxy) is 1. The molecule has 4 aromatic carbocycles. The Bertz CT molecular complexity index is 2010. The Morgan fingerprint density at radius 2 is 0.978 bits per heavy atom. The Morgan fingerprint density at radius 3 is 1.40 bits per heavy atom. The van der Waals surface area contributed by atoms with E-state index < -0.39 is 12.1 Å². The van der Waals surface area contributed by atoms with Crippen LogP contribution in [-0.4, -0.2) is 53.6 Å². The van der Waals surface area contributed by atoms with Crippen LogP contribution >= 0.6 is 0 Å². The standard InChI is InChI=1S/C32H22N8O5/c41-29-17-27(31(43)37(29)19-7-3-1-4-8-19)39-25-15-21(11-13-23(25)33-35-39)45-22-12-14-24-26(16-22)40(36-34-24)28-18-30(42)38(32(28)44)20-9-5-2-6-10-20/h1-16,27-28H,17-18H2. The Kier molecular flexibility index (Phi) is 5.98. The van der Waals surface area contributed by atoms with Gasteiger partial charge < -0.3 is 4.74 Å². The monoisotopic (exact) mass is 598 g/mol. The van der Waals surface area contributed by atoms with Crippen LogP contribution in [0, 0.1) is 0 Å². The van der Waals surface area contributed by atoms with Gasteiger partial charge in [-0.25, -0.2) is 19.2 Å². The van der Waals surface area contributed by atoms with Crippen molar-refractivity contribution in [3.05, 3.63) is 97.1 Å². The van der Waals surface area contributed by atoms with Crippen molar-refractivity contribution in [2.75, 3.05) is 9.80 Å². The minimum Gasteiger partial charge on any atom is -0.457 e. The third-order valence-corrected chi connectivity index (χ3v) is 7.99. The summed E-state index contributed by atoms with van der Waals surface area (Å²) in [6.07, 6.45) is -0.0932. The van der Waals surface area contributed by atoms with Gasteiger partial charge in [0.05, 0.1) is 35.2 Å². The largest absolute Gasteiger partial charge is 0.457 e. The van der Waals surface area contributed by atoms with Crippen LogP contribution in [0.25, 0.3) is 22.1 Å². The summed E-state index contributed by atoms with van der Waals surface area (Å²) < 4.78 is 9.09. The number of amides is 4. The van der Waals surface area contributed by atoms with Crippen LogP contribution in [0.5, 0.6) is 11.5 Å². The van der Waals surface area contributed by atoms with Crippen LogP contribution < -0.4 is 14.5 Å². The van der Waals surface area contributed by atoms with E-state index in [1.165, 1.54) is 19.2 Å². The van der Waals surface area contributed by atoms with Gasteiger partial charge >= 0.3 is 0 Å². The molecule has 0 bridgehead atoms. The highest BCUT2D eigenvalue weighted by Gasteiger charge is 2.43. The molecular formula is C32H22N8O5. The smallest absolute Gasteiger partial charge is 0.259 e. The zero-order valence-corrected chi connectivity index (χ0v) is 23.4. The fourth-order valence-corrected chi connectivity index (χ4v) is 5.87. The lowest BCUT2D eigenvalue weighted by atomic mass is 10.2. The maximum Gasteiger partial charge on any atom is 0.259 e. The van der Waals surface area contributed by atoms with Crippen LogP contribution in [0.3, 0.4) is 0 Å². The number of anilines is 2. The zero-order chi connectivity index (χ0) is 30.7. The number of hydrogen-bond donors (Lipinski definition) is 0. The third-order valence-electron chi connectivity index (χ3n) is 7.99. The van der Waals surface area contributed by atoms with Crippen molar-refractivity contribution in [2.24, 2.45) is 0 Å². The lowest BCUT2D eigenvalue weighted by Crippen LogP contribution is -2.31. The number of nitrogens with zero attached hydrogens (tertiary/aromatic N) is 8. The van der Waals surface area contributed by atoms with E-state index in [1.54, 1.807) is 84.9 Å². The second-order valence-corrected chi connectivity index (χ2v) is 10.7. The molecule has 0 radical (unpaired) electrons. The number of para-hydroxylation sites is 2. The van der Waals surface area contributed by atoms with Crippen molar-refractivity contribution < 1.29 is 23.9 Å². The summed E-state index contributed by atoms with van der Waals surface area (Å²) in [7, 11) is 0. The quantitative estimate of drug-likeness (QED) is 0.260. The second kappa shape index (κ2) is 10.2. The molecule has 6 aromatic rings. The van der Waals surface area contributed by atoms with Crippen molar-refractivity contribution >= 4 is 57.1 Å². The maximum absolute atomic E-state index is 13.3. The van der Waals surface area contributed by atoms with Gasteiger partial charge in [0.15, 0.2) is 0 Å². The number of fused-ring (bicyclic) bond motifs is 2. The summed E-state index contributed by atoms with van der Waals surface area (Å²) in [5.41, 5.74) is 3.12. The average molecular weight is 599 g/mol. The van der Waals surface area contributed by atoms with Gasteiger partial charge in [0.1, 0.15) is 34.6 Å². The minimum absolute atomic E-state index is 0.0466. The van der Waals surface area contributed by atoms with Crippen molar-refractivity contribution in [1.82, 2.24) is 30.0 Å². The predicted molar refractivity (Wildman–Crippen MR) is 160 cm³/mol. The van der Waals surface area contributed by atoms with E-state index in [0.717, 1.165) is 0 Å². The first kappa shape index (κ1) is 26.4. The third kappa shape index (κ3) is 4.32. The molecule has 0 saturated carbocycles. The first-order valence-electron chi connectivity index (χ1n) is 14.2. The fraction of sp³-hybridized carbons (Fsp3) is 0.125. The highest BCUT2D eigenvalue weighted by atomic mass is 16.5. The van der Waals surface area contributed by atoms with Crippen LogP contribution in [0.1, 0.15) is 24.9 Å². The van der Waals surface area contributed by atoms with Gasteiger partial charge in [-0.2, -0.15) is 0 Å². The summed E-state index contributed by atoms with van der Waals surface area (Å²) in [5, 5.41) is 16.8. The molecule has 2 atom stereocenters. The van der Waals surface area contributed by atoms with Crippen LogP contribution in [0.2, 0.25) is 0 Å². The molecule has 2 saturated heterocycles. The normalized spacial score (nSPS) is 18.6. The topological polar surface area (TPSA) is 145 Å². The second-order valence-electron chi connectivity index (χ2n) is 10.7. The van der Waals surface area contributed by atoms with Gasteiger partial charge in [0.2, 0.25) is 11.8 Å². The summed E-state index contributed by atoms with van der Waals surface area (Å²) in [4.78, 5) is 54.7. The predicted octanol–water partition coefficient (Wildman–Crippen LogP) is 3.98. The molecule has 220 valence electrons. The maximum atomic E-state index is 13.3. The summed E-state index contributed by atoms with van der Waals surface area (Å²) in [6, 6.07) is 26.1. The van der Waals surface area contributed by atoms with Crippen LogP contribution in [-0.2, 0) is 19.2 Å². The molecule has 0 spiro atoms. The van der Waals surface area contributed by atoms with Gasteiger partial charge in [-0.3, -0.25) is 19.2 Å². The number of imide groups is 2. The summed E-state index contributed by atoms with van der Waals surface area (Å²) in [5.74, 6) is -0.546. The number of aromatic nitrogens is 6. The molecular weight excluding hydrogens is 576 g/mol. The molecule has 45 heavy (non-hydrogen) atoms. The zero-order valence-electron chi connectivity index (χ0n) is 23.4. The summed E-state index contributed by atoms with van der Waals surface area (Å²) in [6.45, 7) is 0. The Hall–Kier alpha value is -6.24. The van der Waals surface area contributed by atoms with Gasteiger partial charge in [-0.15, -0.1) is 10.2 Å². The van der Waals surface area contributed by atoms with E-state index in [1.807, 2.05) is 12.1 Å². The Morgan fingerprint density at radius 1 is 0.556 bits per heavy atom. The number of benzene rings is 4. The Balaban J connectivity index is 1.08. The molecule has 0 aliphatic carbocycles. The summed E-state index contributed by atoms with van der Waals surface area (Å²) >= 11 is 0. The molecule has 13 heteroatoms. The van der Waals surface area contributed by atoms with E-state index in [0.29, 0.717) is 44.9 Å². The van der Waals surface area contributed by atoms with Gasteiger partial charge in [0.25, 0.3) is 11.8 Å². The lowest BCUT2D eigenvalue weighted by molar-refractivity contribution is -0.123. The van der Waals surface area contributed by atoms with E-state index in [2.05, 4.69) is 20.6 Å². The first-order valence-corrected chi connectivity index (χ1v) is 14.2. The van der Waals surface area contributed by atoms with Crippen molar-refractivity contribution in [3.8, 4) is 11.5 Å². The van der Waals surface area contributed by atoms with Gasteiger partial charge in [-0.05, 0) is 48.5 Å². The molecule has 2 aromatic heterocycles. The number of carbonyl (C=O) groups is 4. The molecule has 2 aliphatic heterocycles. The van der Waals surface area contributed by atoms with Crippen molar-refractivity contribution in [3.63, 3.8) is 0 Å². The van der Waals surface area contributed by atoms with Crippen molar-refractivity contribution in [2.45, 2.75) is 24.9 Å². The number of carbonyl (C=O) groups excluding carboxylic acids is 4. The molecule has 2 unspecified atom stereocenters. The average Bonchev–Trinajstić information content (AvgIpc) is 3.81. The van der Waals surface area contributed by atoms with E-state index >= 15 is 0 Å². The van der Waals surface area contributed by atoms with Crippen LogP contribution in [0.15, 0.2) is 97.1 Å². The van der Waals surface area contributed by atoms with E-state index in [9.17, 15) is 19.2 Å². The highest BCUT2D eigenvalue weighted by Crippen LogP contribution is 2.35. The molecule has 8 rings (SSSR count). The number of rotatable bonds is 6. The first-order chi connectivity index (χ1) is 22.0. The van der Waals surface area contributed by atoms with E-state index in [-0.39, 0.29) is 36.5 Å². The molecule has 2 fully saturated rings. The SMILES string of the molecule is O=C1CC(n2nnc3ccc(Oc4ccc5nnn(C6CC(=O)N(c7ccccc7)C6=O)c5c4)cc32)C(=O)N1c1ccccc1. The molecule has 4 heterocycles.